The molecule has 0 saturated heterocycles. The summed E-state index contributed by atoms with van der Waals surface area (Å²) in [4.78, 5) is 12.8. The van der Waals surface area contributed by atoms with Crippen LogP contribution in [0.4, 0.5) is 5.69 Å². The zero-order valence-corrected chi connectivity index (χ0v) is 20.4. The number of carbonyl (C=O) groups is 1. The number of anilines is 1. The van der Waals surface area contributed by atoms with Gasteiger partial charge in [0.15, 0.2) is 0 Å². The number of carbonyl (C=O) groups excluding carboxylic acids is 1. The van der Waals surface area contributed by atoms with Gasteiger partial charge < -0.3 is 5.32 Å². The topological polar surface area (TPSA) is 93.1 Å². The van der Waals surface area contributed by atoms with Crippen LogP contribution in [-0.2, 0) is 21.2 Å². The SMILES string of the molecule is Cc1nn(-c2ccc(Cl)c(Cl)c2)c(C)c1CC(=O)NC(C)c1ccccc1NS(C)(=O)=O. The molecule has 1 atom stereocenters. The van der Waals surface area contributed by atoms with Gasteiger partial charge in [0, 0.05) is 11.3 Å². The Labute approximate surface area is 197 Å². The second-order valence-corrected chi connectivity index (χ2v) is 10.1. The van der Waals surface area contributed by atoms with E-state index >= 15 is 0 Å². The van der Waals surface area contributed by atoms with Gasteiger partial charge in [-0.15, -0.1) is 0 Å². The lowest BCUT2D eigenvalue weighted by Gasteiger charge is -2.18. The van der Waals surface area contributed by atoms with Crippen LogP contribution in [0, 0.1) is 13.8 Å². The van der Waals surface area contributed by atoms with Gasteiger partial charge in [-0.1, -0.05) is 41.4 Å². The van der Waals surface area contributed by atoms with Gasteiger partial charge >= 0.3 is 0 Å². The standard InChI is InChI=1S/C22H24Cl2N4O3S/c1-13(17-7-5-6-8-21(17)27-32(4,30)31)25-22(29)12-18-14(2)26-28(15(18)3)16-9-10-19(23)20(24)11-16/h5-11,13,27H,12H2,1-4H3,(H,25,29). The lowest BCUT2D eigenvalue weighted by atomic mass is 10.1. The Bertz CT molecular complexity index is 1270. The molecule has 0 spiro atoms. The summed E-state index contributed by atoms with van der Waals surface area (Å²) >= 11 is 12.1. The molecule has 0 bridgehead atoms. The molecule has 0 saturated carbocycles. The number of hydrogen-bond acceptors (Lipinski definition) is 4. The third-order valence-electron chi connectivity index (χ3n) is 5.03. The Morgan fingerprint density at radius 1 is 1.12 bits per heavy atom. The fraction of sp³-hybridized carbons (Fsp3) is 0.273. The van der Waals surface area contributed by atoms with E-state index < -0.39 is 16.1 Å². The quantitative estimate of drug-likeness (QED) is 0.502. The summed E-state index contributed by atoms with van der Waals surface area (Å²) in [5.74, 6) is -0.202. The van der Waals surface area contributed by atoms with Crippen molar-refractivity contribution in [1.82, 2.24) is 15.1 Å². The summed E-state index contributed by atoms with van der Waals surface area (Å²) in [7, 11) is -3.44. The van der Waals surface area contributed by atoms with Crippen LogP contribution in [0.3, 0.4) is 0 Å². The number of sulfonamides is 1. The highest BCUT2D eigenvalue weighted by Crippen LogP contribution is 2.27. The predicted molar refractivity (Wildman–Crippen MR) is 128 cm³/mol. The van der Waals surface area contributed by atoms with Gasteiger partial charge in [0.2, 0.25) is 15.9 Å². The van der Waals surface area contributed by atoms with Crippen molar-refractivity contribution >= 4 is 44.8 Å². The molecule has 1 amide bonds. The first kappa shape index (κ1) is 24.1. The van der Waals surface area contributed by atoms with E-state index in [4.69, 9.17) is 23.2 Å². The van der Waals surface area contributed by atoms with Crippen molar-refractivity contribution in [2.45, 2.75) is 33.2 Å². The fourth-order valence-corrected chi connectivity index (χ4v) is 4.37. The second kappa shape index (κ2) is 9.52. The van der Waals surface area contributed by atoms with E-state index in [0.717, 1.165) is 28.9 Å². The number of nitrogens with zero attached hydrogens (tertiary/aromatic N) is 2. The van der Waals surface area contributed by atoms with E-state index in [0.29, 0.717) is 21.3 Å². The van der Waals surface area contributed by atoms with Gasteiger partial charge in [-0.2, -0.15) is 5.10 Å². The van der Waals surface area contributed by atoms with Crippen LogP contribution in [-0.4, -0.2) is 30.4 Å². The minimum atomic E-state index is -3.44. The van der Waals surface area contributed by atoms with Gasteiger partial charge in [0.1, 0.15) is 0 Å². The zero-order chi connectivity index (χ0) is 23.6. The number of para-hydroxylation sites is 1. The van der Waals surface area contributed by atoms with Crippen molar-refractivity contribution in [1.29, 1.82) is 0 Å². The van der Waals surface area contributed by atoms with Crippen LogP contribution in [0.1, 0.15) is 35.5 Å². The first-order chi connectivity index (χ1) is 15.0. The normalized spacial score (nSPS) is 12.4. The molecule has 0 radical (unpaired) electrons. The Balaban J connectivity index is 1.79. The van der Waals surface area contributed by atoms with Gasteiger partial charge in [-0.3, -0.25) is 9.52 Å². The molecule has 2 N–H and O–H groups in total. The molecule has 7 nitrogen and oxygen atoms in total. The van der Waals surface area contributed by atoms with E-state index in [9.17, 15) is 13.2 Å². The van der Waals surface area contributed by atoms with Crippen LogP contribution >= 0.6 is 23.2 Å². The van der Waals surface area contributed by atoms with E-state index in [1.807, 2.05) is 19.9 Å². The van der Waals surface area contributed by atoms with Crippen molar-refractivity contribution in [3.8, 4) is 5.69 Å². The highest BCUT2D eigenvalue weighted by Gasteiger charge is 2.19. The summed E-state index contributed by atoms with van der Waals surface area (Å²) in [5, 5.41) is 8.37. The summed E-state index contributed by atoms with van der Waals surface area (Å²) < 4.78 is 27.5. The fourth-order valence-electron chi connectivity index (χ4n) is 3.50. The molecule has 1 unspecified atom stereocenters. The molecule has 1 heterocycles. The summed E-state index contributed by atoms with van der Waals surface area (Å²) in [6, 6.07) is 11.8. The van der Waals surface area contributed by atoms with Gasteiger partial charge in [0.05, 0.1) is 45.8 Å². The van der Waals surface area contributed by atoms with Crippen LogP contribution in [0.5, 0.6) is 0 Å². The van der Waals surface area contributed by atoms with Crippen molar-refractivity contribution in [2.24, 2.45) is 0 Å². The number of aryl methyl sites for hydroxylation is 1. The summed E-state index contributed by atoms with van der Waals surface area (Å²) in [5.41, 5.74) is 4.22. The maximum atomic E-state index is 12.8. The Morgan fingerprint density at radius 2 is 1.81 bits per heavy atom. The number of aromatic nitrogens is 2. The number of halogens is 2. The van der Waals surface area contributed by atoms with Crippen molar-refractivity contribution in [3.63, 3.8) is 0 Å². The highest BCUT2D eigenvalue weighted by atomic mass is 35.5. The minimum absolute atomic E-state index is 0.130. The minimum Gasteiger partial charge on any atom is -0.349 e. The Kier molecular flexibility index (Phi) is 7.17. The van der Waals surface area contributed by atoms with Gasteiger partial charge in [-0.25, -0.2) is 13.1 Å². The molecule has 170 valence electrons. The smallest absolute Gasteiger partial charge is 0.229 e. The largest absolute Gasteiger partial charge is 0.349 e. The third kappa shape index (κ3) is 5.62. The lowest BCUT2D eigenvalue weighted by molar-refractivity contribution is -0.121. The van der Waals surface area contributed by atoms with E-state index in [1.54, 1.807) is 48.0 Å². The van der Waals surface area contributed by atoms with Crippen LogP contribution in [0.25, 0.3) is 5.69 Å². The molecule has 0 aliphatic carbocycles. The molecule has 3 aromatic rings. The number of hydrogen-bond donors (Lipinski definition) is 2. The predicted octanol–water partition coefficient (Wildman–Crippen LogP) is 4.59. The van der Waals surface area contributed by atoms with E-state index in [1.165, 1.54) is 0 Å². The third-order valence-corrected chi connectivity index (χ3v) is 6.36. The first-order valence-corrected chi connectivity index (χ1v) is 12.5. The molecule has 0 aliphatic heterocycles. The molecule has 0 aliphatic rings. The van der Waals surface area contributed by atoms with Crippen molar-refractivity contribution < 1.29 is 13.2 Å². The monoisotopic (exact) mass is 494 g/mol. The van der Waals surface area contributed by atoms with Gasteiger partial charge in [-0.05, 0) is 50.6 Å². The van der Waals surface area contributed by atoms with Crippen molar-refractivity contribution in [2.75, 3.05) is 11.0 Å². The summed E-state index contributed by atoms with van der Waals surface area (Å²) in [6.07, 6.45) is 1.22. The average molecular weight is 495 g/mol. The second-order valence-electron chi connectivity index (χ2n) is 7.59. The number of rotatable bonds is 7. The molecule has 1 aromatic heterocycles. The highest BCUT2D eigenvalue weighted by molar-refractivity contribution is 7.92. The molecule has 10 heteroatoms. The van der Waals surface area contributed by atoms with Crippen LogP contribution in [0.15, 0.2) is 42.5 Å². The van der Waals surface area contributed by atoms with Gasteiger partial charge in [0.25, 0.3) is 0 Å². The zero-order valence-electron chi connectivity index (χ0n) is 18.1. The van der Waals surface area contributed by atoms with Crippen LogP contribution < -0.4 is 10.0 Å². The molecule has 2 aromatic carbocycles. The van der Waals surface area contributed by atoms with Crippen LogP contribution in [0.2, 0.25) is 10.0 Å². The number of benzene rings is 2. The molecular weight excluding hydrogens is 471 g/mol. The van der Waals surface area contributed by atoms with Crippen molar-refractivity contribution in [3.05, 3.63) is 75.0 Å². The Morgan fingerprint density at radius 3 is 2.47 bits per heavy atom. The number of nitrogens with one attached hydrogen (secondary N) is 2. The maximum absolute atomic E-state index is 12.8. The maximum Gasteiger partial charge on any atom is 0.229 e. The van der Waals surface area contributed by atoms with E-state index in [2.05, 4.69) is 15.1 Å². The first-order valence-electron chi connectivity index (χ1n) is 9.83. The van der Waals surface area contributed by atoms with E-state index in [-0.39, 0.29) is 12.3 Å². The summed E-state index contributed by atoms with van der Waals surface area (Å²) in [6.45, 7) is 5.54. The molecule has 3 rings (SSSR count). The molecular formula is C22H24Cl2N4O3S. The average Bonchev–Trinajstić information content (AvgIpc) is 2.97. The number of amides is 1. The molecule has 32 heavy (non-hydrogen) atoms. The molecule has 0 fully saturated rings. The lowest BCUT2D eigenvalue weighted by Crippen LogP contribution is -2.29. The Hall–Kier alpha value is -2.55.